The normalized spacial score (nSPS) is 15.0. The Bertz CT molecular complexity index is 830. The summed E-state index contributed by atoms with van der Waals surface area (Å²) in [7, 11) is 0. The molecular weight excluding hydrogens is 337 g/mol. The minimum atomic E-state index is -0.993. The van der Waals surface area contributed by atoms with Crippen LogP contribution in [-0.2, 0) is 9.53 Å². The summed E-state index contributed by atoms with van der Waals surface area (Å²) in [5.41, 5.74) is 1.30. The topological polar surface area (TPSA) is 63.7 Å². The Morgan fingerprint density at radius 1 is 1.04 bits per heavy atom. The summed E-state index contributed by atoms with van der Waals surface area (Å²) in [6, 6.07) is 11.6. The molecule has 2 aromatic carbocycles. The maximum Gasteiger partial charge on any atom is 0.338 e. The van der Waals surface area contributed by atoms with E-state index < -0.39 is 23.7 Å². The number of rotatable bonds is 5. The summed E-state index contributed by atoms with van der Waals surface area (Å²) in [6.45, 7) is 2.15. The summed E-state index contributed by atoms with van der Waals surface area (Å²) >= 11 is 0. The number of carbonyl (C=O) groups is 3. The molecule has 1 fully saturated rings. The first-order valence-corrected chi connectivity index (χ1v) is 8.37. The van der Waals surface area contributed by atoms with Crippen molar-refractivity contribution in [2.45, 2.75) is 25.9 Å². The molecule has 1 amide bonds. The largest absolute Gasteiger partial charge is 0.451 e. The van der Waals surface area contributed by atoms with Crippen LogP contribution in [0.1, 0.15) is 40.5 Å². The van der Waals surface area contributed by atoms with Crippen molar-refractivity contribution in [1.82, 2.24) is 0 Å². The van der Waals surface area contributed by atoms with Crippen LogP contribution in [0.15, 0.2) is 48.5 Å². The van der Waals surface area contributed by atoms with Crippen molar-refractivity contribution in [3.05, 3.63) is 65.5 Å². The first-order chi connectivity index (χ1) is 12.5. The van der Waals surface area contributed by atoms with Crippen LogP contribution in [0.3, 0.4) is 0 Å². The molecule has 0 bridgehead atoms. The van der Waals surface area contributed by atoms with Gasteiger partial charge in [-0.05, 0) is 61.9 Å². The van der Waals surface area contributed by atoms with Gasteiger partial charge in [-0.1, -0.05) is 0 Å². The third kappa shape index (κ3) is 3.79. The number of ketones is 1. The van der Waals surface area contributed by atoms with Gasteiger partial charge >= 0.3 is 5.97 Å². The molecule has 134 valence electrons. The molecule has 0 aliphatic carbocycles. The van der Waals surface area contributed by atoms with Crippen molar-refractivity contribution in [2.24, 2.45) is 0 Å². The van der Waals surface area contributed by atoms with Crippen LogP contribution in [-0.4, -0.2) is 30.3 Å². The number of nitrogens with zero attached hydrogens (tertiary/aromatic N) is 1. The van der Waals surface area contributed by atoms with Crippen LogP contribution >= 0.6 is 0 Å². The van der Waals surface area contributed by atoms with E-state index in [-0.39, 0.29) is 11.5 Å². The molecule has 2 aromatic rings. The molecule has 5 nitrogen and oxygen atoms in total. The van der Waals surface area contributed by atoms with Crippen LogP contribution in [0.25, 0.3) is 0 Å². The van der Waals surface area contributed by atoms with Gasteiger partial charge in [0.2, 0.25) is 11.7 Å². The highest BCUT2D eigenvalue weighted by Crippen LogP contribution is 2.22. The Kier molecular flexibility index (Phi) is 5.11. The standard InChI is InChI=1S/C20H18FNO4/c1-13(19(24)14-4-8-16(21)9-5-14)26-20(25)15-6-10-17(11-7-15)22-12-2-3-18(22)23/h4-11,13H,2-3,12H2,1H3/t13-/m0/s1. The molecule has 0 aromatic heterocycles. The number of amides is 1. The van der Waals surface area contributed by atoms with E-state index in [1.807, 2.05) is 0 Å². The molecule has 26 heavy (non-hydrogen) atoms. The van der Waals surface area contributed by atoms with E-state index in [1.54, 1.807) is 29.2 Å². The third-order valence-electron chi connectivity index (χ3n) is 4.27. The van der Waals surface area contributed by atoms with E-state index in [9.17, 15) is 18.8 Å². The van der Waals surface area contributed by atoms with Gasteiger partial charge < -0.3 is 9.64 Å². The number of ether oxygens (including phenoxy) is 1. The SMILES string of the molecule is C[C@H](OC(=O)c1ccc(N2CCCC2=O)cc1)C(=O)c1ccc(F)cc1. The lowest BCUT2D eigenvalue weighted by molar-refractivity contribution is -0.117. The molecule has 1 atom stereocenters. The van der Waals surface area contributed by atoms with Gasteiger partial charge in [0.05, 0.1) is 5.56 Å². The Morgan fingerprint density at radius 2 is 1.65 bits per heavy atom. The summed E-state index contributed by atoms with van der Waals surface area (Å²) in [6.07, 6.45) is 0.367. The Labute approximate surface area is 150 Å². The summed E-state index contributed by atoms with van der Waals surface area (Å²) in [5, 5.41) is 0. The van der Waals surface area contributed by atoms with Gasteiger partial charge in [0.25, 0.3) is 0 Å². The maximum absolute atomic E-state index is 12.9. The third-order valence-corrected chi connectivity index (χ3v) is 4.27. The summed E-state index contributed by atoms with van der Waals surface area (Å²) in [5.74, 6) is -1.41. The molecule has 6 heteroatoms. The smallest absolute Gasteiger partial charge is 0.338 e. The van der Waals surface area contributed by atoms with Gasteiger partial charge in [-0.15, -0.1) is 0 Å². The predicted octanol–water partition coefficient (Wildman–Crippen LogP) is 3.38. The number of Topliss-reactive ketones (excluding diaryl/α,β-unsaturated/α-hetero) is 1. The van der Waals surface area contributed by atoms with Crippen molar-refractivity contribution in [2.75, 3.05) is 11.4 Å². The van der Waals surface area contributed by atoms with Crippen LogP contribution < -0.4 is 4.90 Å². The van der Waals surface area contributed by atoms with Gasteiger partial charge in [0, 0.05) is 24.2 Å². The Balaban J connectivity index is 1.64. The average molecular weight is 355 g/mol. The van der Waals surface area contributed by atoms with Crippen molar-refractivity contribution >= 4 is 23.3 Å². The lowest BCUT2D eigenvalue weighted by Gasteiger charge is -2.16. The van der Waals surface area contributed by atoms with E-state index in [2.05, 4.69) is 0 Å². The first-order valence-electron chi connectivity index (χ1n) is 8.37. The van der Waals surface area contributed by atoms with Crippen molar-refractivity contribution in [3.8, 4) is 0 Å². The van der Waals surface area contributed by atoms with Crippen molar-refractivity contribution < 1.29 is 23.5 Å². The number of esters is 1. The van der Waals surface area contributed by atoms with Gasteiger partial charge in [-0.25, -0.2) is 9.18 Å². The molecule has 1 aliphatic heterocycles. The van der Waals surface area contributed by atoms with Crippen molar-refractivity contribution in [1.29, 1.82) is 0 Å². The highest BCUT2D eigenvalue weighted by Gasteiger charge is 2.23. The second kappa shape index (κ2) is 7.47. The minimum absolute atomic E-state index is 0.0684. The highest BCUT2D eigenvalue weighted by atomic mass is 19.1. The first kappa shape index (κ1) is 17.8. The maximum atomic E-state index is 12.9. The van der Waals surface area contributed by atoms with E-state index in [4.69, 9.17) is 4.74 Å². The zero-order valence-corrected chi connectivity index (χ0v) is 14.3. The van der Waals surface area contributed by atoms with Crippen LogP contribution in [0.4, 0.5) is 10.1 Å². The number of hydrogen-bond acceptors (Lipinski definition) is 4. The second-order valence-corrected chi connectivity index (χ2v) is 6.11. The van der Waals surface area contributed by atoms with E-state index in [1.165, 1.54) is 31.2 Å². The van der Waals surface area contributed by atoms with Gasteiger partial charge in [-0.2, -0.15) is 0 Å². The Morgan fingerprint density at radius 3 is 2.23 bits per heavy atom. The highest BCUT2D eigenvalue weighted by molar-refractivity contribution is 6.01. The molecule has 0 saturated carbocycles. The molecule has 0 unspecified atom stereocenters. The lowest BCUT2D eigenvalue weighted by atomic mass is 10.1. The zero-order chi connectivity index (χ0) is 18.7. The van der Waals surface area contributed by atoms with E-state index in [0.29, 0.717) is 18.5 Å². The quantitative estimate of drug-likeness (QED) is 0.609. The molecule has 3 rings (SSSR count). The number of halogens is 1. The molecule has 1 heterocycles. The molecule has 1 saturated heterocycles. The molecule has 0 spiro atoms. The van der Waals surface area contributed by atoms with Crippen LogP contribution in [0.2, 0.25) is 0 Å². The molecular formula is C20H18FNO4. The number of hydrogen-bond donors (Lipinski definition) is 0. The summed E-state index contributed by atoms with van der Waals surface area (Å²) in [4.78, 5) is 37.9. The van der Waals surface area contributed by atoms with Gasteiger partial charge in [0.1, 0.15) is 5.82 Å². The fourth-order valence-electron chi connectivity index (χ4n) is 2.83. The van der Waals surface area contributed by atoms with Crippen molar-refractivity contribution in [3.63, 3.8) is 0 Å². The predicted molar refractivity (Wildman–Crippen MR) is 93.6 cm³/mol. The second-order valence-electron chi connectivity index (χ2n) is 6.11. The van der Waals surface area contributed by atoms with E-state index >= 15 is 0 Å². The van der Waals surface area contributed by atoms with Gasteiger partial charge in [-0.3, -0.25) is 9.59 Å². The average Bonchev–Trinajstić information content (AvgIpc) is 3.07. The number of carbonyl (C=O) groups excluding carboxylic acids is 3. The fourth-order valence-corrected chi connectivity index (χ4v) is 2.83. The zero-order valence-electron chi connectivity index (χ0n) is 14.3. The number of anilines is 1. The van der Waals surface area contributed by atoms with Crippen LogP contribution in [0.5, 0.6) is 0 Å². The van der Waals surface area contributed by atoms with E-state index in [0.717, 1.165) is 12.1 Å². The fraction of sp³-hybridized carbons (Fsp3) is 0.250. The minimum Gasteiger partial charge on any atom is -0.451 e. The van der Waals surface area contributed by atoms with Crippen LogP contribution in [0, 0.1) is 5.82 Å². The van der Waals surface area contributed by atoms with Gasteiger partial charge in [0.15, 0.2) is 6.10 Å². The monoisotopic (exact) mass is 355 g/mol. The Hall–Kier alpha value is -3.02. The number of benzene rings is 2. The lowest BCUT2D eigenvalue weighted by Crippen LogP contribution is -2.25. The molecule has 0 radical (unpaired) electrons. The summed E-state index contributed by atoms with van der Waals surface area (Å²) < 4.78 is 18.1. The molecule has 0 N–H and O–H groups in total. The molecule has 1 aliphatic rings.